The summed E-state index contributed by atoms with van der Waals surface area (Å²) in [6, 6.07) is 4.43. The third kappa shape index (κ3) is 3.19. The molecular weight excluding hydrogens is 216 g/mol. The summed E-state index contributed by atoms with van der Waals surface area (Å²) < 4.78 is 5.21. The van der Waals surface area contributed by atoms with Gasteiger partial charge in [0.15, 0.2) is 0 Å². The van der Waals surface area contributed by atoms with E-state index in [0.29, 0.717) is 18.1 Å². The molecule has 0 unspecified atom stereocenters. The largest absolute Gasteiger partial charge is 0.492 e. The predicted molar refractivity (Wildman–Crippen MR) is 57.4 cm³/mol. The number of rotatable bonds is 4. The number of benzene rings is 1. The molecule has 0 spiro atoms. The maximum Gasteiger partial charge on any atom is 0.339 e. The van der Waals surface area contributed by atoms with E-state index in [0.717, 1.165) is 0 Å². The highest BCUT2D eigenvalue weighted by Gasteiger charge is 2.11. The second-order valence-electron chi connectivity index (χ2n) is 2.75. The van der Waals surface area contributed by atoms with Crippen LogP contribution in [0.25, 0.3) is 0 Å². The molecule has 0 saturated carbocycles. The van der Waals surface area contributed by atoms with Crippen molar-refractivity contribution in [3.63, 3.8) is 0 Å². The molecule has 0 radical (unpaired) electrons. The molecule has 0 aromatic heterocycles. The first kappa shape index (κ1) is 11.4. The standard InChI is InChI=1S/C11H9ClO3/c1-2-3-6-15-10-5-4-8(12)7-9(10)11(13)14/h1,4-5,7H,3,6H2,(H,13,14). The van der Waals surface area contributed by atoms with Crippen molar-refractivity contribution in [2.24, 2.45) is 0 Å². The highest BCUT2D eigenvalue weighted by Crippen LogP contribution is 2.22. The lowest BCUT2D eigenvalue weighted by molar-refractivity contribution is 0.0692. The van der Waals surface area contributed by atoms with Gasteiger partial charge in [-0.15, -0.1) is 12.3 Å². The summed E-state index contributed by atoms with van der Waals surface area (Å²) in [6.45, 7) is 0.290. The van der Waals surface area contributed by atoms with Crippen molar-refractivity contribution in [3.8, 4) is 18.1 Å². The van der Waals surface area contributed by atoms with Crippen molar-refractivity contribution in [2.75, 3.05) is 6.61 Å². The number of hydrogen-bond acceptors (Lipinski definition) is 2. The molecule has 0 aliphatic rings. The second kappa shape index (κ2) is 5.28. The Morgan fingerprint density at radius 2 is 2.33 bits per heavy atom. The normalized spacial score (nSPS) is 9.33. The van der Waals surface area contributed by atoms with Crippen LogP contribution in [0.5, 0.6) is 5.75 Å². The van der Waals surface area contributed by atoms with Crippen LogP contribution in [0.1, 0.15) is 16.8 Å². The number of hydrogen-bond donors (Lipinski definition) is 1. The fourth-order valence-corrected chi connectivity index (χ4v) is 1.19. The summed E-state index contributed by atoms with van der Waals surface area (Å²) in [6.07, 6.45) is 5.48. The number of aromatic carboxylic acids is 1. The third-order valence-electron chi connectivity index (χ3n) is 1.68. The van der Waals surface area contributed by atoms with Crippen LogP contribution in [-0.2, 0) is 0 Å². The predicted octanol–water partition coefficient (Wildman–Crippen LogP) is 2.44. The molecule has 0 fully saturated rings. The average molecular weight is 225 g/mol. The maximum atomic E-state index is 10.8. The van der Waals surface area contributed by atoms with Crippen molar-refractivity contribution < 1.29 is 14.6 Å². The van der Waals surface area contributed by atoms with Crippen molar-refractivity contribution >= 4 is 17.6 Å². The zero-order valence-electron chi connectivity index (χ0n) is 7.87. The van der Waals surface area contributed by atoms with Crippen LogP contribution in [0.15, 0.2) is 18.2 Å². The van der Waals surface area contributed by atoms with Gasteiger partial charge < -0.3 is 9.84 Å². The first-order valence-electron chi connectivity index (χ1n) is 4.24. The smallest absolute Gasteiger partial charge is 0.339 e. The molecule has 0 aliphatic heterocycles. The van der Waals surface area contributed by atoms with E-state index in [-0.39, 0.29) is 11.3 Å². The number of carboxylic acids is 1. The van der Waals surface area contributed by atoms with Crippen LogP contribution in [0.2, 0.25) is 5.02 Å². The molecular formula is C11H9ClO3. The fraction of sp³-hybridized carbons (Fsp3) is 0.182. The van der Waals surface area contributed by atoms with Crippen LogP contribution in [-0.4, -0.2) is 17.7 Å². The van der Waals surface area contributed by atoms with Gasteiger partial charge in [-0.3, -0.25) is 0 Å². The topological polar surface area (TPSA) is 46.5 Å². The molecule has 0 amide bonds. The number of carboxylic acid groups (broad SMARTS) is 1. The lowest BCUT2D eigenvalue weighted by atomic mass is 10.2. The minimum atomic E-state index is -1.08. The summed E-state index contributed by atoms with van der Waals surface area (Å²) in [5.74, 6) is 1.60. The van der Waals surface area contributed by atoms with E-state index in [9.17, 15) is 4.79 Å². The van der Waals surface area contributed by atoms with Crippen LogP contribution in [0, 0.1) is 12.3 Å². The lowest BCUT2D eigenvalue weighted by Crippen LogP contribution is -2.04. The molecule has 0 atom stereocenters. The molecule has 1 aromatic carbocycles. The average Bonchev–Trinajstić information content (AvgIpc) is 2.20. The van der Waals surface area contributed by atoms with E-state index in [4.69, 9.17) is 27.9 Å². The van der Waals surface area contributed by atoms with Gasteiger partial charge in [-0.05, 0) is 18.2 Å². The first-order valence-corrected chi connectivity index (χ1v) is 4.62. The van der Waals surface area contributed by atoms with E-state index in [1.54, 1.807) is 6.07 Å². The number of carbonyl (C=O) groups is 1. The molecule has 0 heterocycles. The minimum Gasteiger partial charge on any atom is -0.492 e. The van der Waals surface area contributed by atoms with Crippen LogP contribution >= 0.6 is 11.6 Å². The van der Waals surface area contributed by atoms with Crippen LogP contribution in [0.4, 0.5) is 0 Å². The van der Waals surface area contributed by atoms with Crippen LogP contribution < -0.4 is 4.74 Å². The molecule has 0 saturated heterocycles. The monoisotopic (exact) mass is 224 g/mol. The molecule has 78 valence electrons. The Balaban J connectivity index is 2.87. The van der Waals surface area contributed by atoms with Gasteiger partial charge in [-0.25, -0.2) is 4.79 Å². The zero-order valence-corrected chi connectivity index (χ0v) is 8.62. The molecule has 4 heteroatoms. The highest BCUT2D eigenvalue weighted by molar-refractivity contribution is 6.31. The van der Waals surface area contributed by atoms with Gasteiger partial charge in [0, 0.05) is 11.4 Å². The Morgan fingerprint density at radius 1 is 1.60 bits per heavy atom. The summed E-state index contributed by atoms with van der Waals surface area (Å²) in [7, 11) is 0. The van der Waals surface area contributed by atoms with Gasteiger partial charge in [0.2, 0.25) is 0 Å². The Kier molecular flexibility index (Phi) is 4.02. The number of ether oxygens (including phenoxy) is 1. The highest BCUT2D eigenvalue weighted by atomic mass is 35.5. The first-order chi connectivity index (χ1) is 7.15. The Morgan fingerprint density at radius 3 is 2.93 bits per heavy atom. The summed E-state index contributed by atoms with van der Waals surface area (Å²) in [4.78, 5) is 10.8. The third-order valence-corrected chi connectivity index (χ3v) is 1.91. The Hall–Kier alpha value is -1.66. The van der Waals surface area contributed by atoms with E-state index >= 15 is 0 Å². The second-order valence-corrected chi connectivity index (χ2v) is 3.18. The zero-order chi connectivity index (χ0) is 11.3. The number of halogens is 1. The van der Waals surface area contributed by atoms with Crippen molar-refractivity contribution in [2.45, 2.75) is 6.42 Å². The Labute approximate surface area is 92.6 Å². The summed E-state index contributed by atoms with van der Waals surface area (Å²) in [5.41, 5.74) is 0.0412. The molecule has 1 rings (SSSR count). The summed E-state index contributed by atoms with van der Waals surface area (Å²) in [5, 5.41) is 9.23. The quantitative estimate of drug-likeness (QED) is 0.631. The minimum absolute atomic E-state index is 0.0412. The lowest BCUT2D eigenvalue weighted by Gasteiger charge is -2.07. The fourth-order valence-electron chi connectivity index (χ4n) is 1.02. The molecule has 15 heavy (non-hydrogen) atoms. The van der Waals surface area contributed by atoms with E-state index in [1.165, 1.54) is 12.1 Å². The van der Waals surface area contributed by atoms with E-state index < -0.39 is 5.97 Å². The van der Waals surface area contributed by atoms with Gasteiger partial charge in [-0.1, -0.05) is 11.6 Å². The molecule has 1 aromatic rings. The summed E-state index contributed by atoms with van der Waals surface area (Å²) >= 11 is 5.67. The van der Waals surface area contributed by atoms with Crippen molar-refractivity contribution in [1.29, 1.82) is 0 Å². The van der Waals surface area contributed by atoms with Gasteiger partial charge in [-0.2, -0.15) is 0 Å². The van der Waals surface area contributed by atoms with Gasteiger partial charge >= 0.3 is 5.97 Å². The van der Waals surface area contributed by atoms with E-state index in [2.05, 4.69) is 5.92 Å². The number of terminal acetylenes is 1. The van der Waals surface area contributed by atoms with Gasteiger partial charge in [0.1, 0.15) is 11.3 Å². The van der Waals surface area contributed by atoms with Gasteiger partial charge in [0.25, 0.3) is 0 Å². The van der Waals surface area contributed by atoms with Gasteiger partial charge in [0.05, 0.1) is 6.61 Å². The molecule has 1 N–H and O–H groups in total. The van der Waals surface area contributed by atoms with Crippen molar-refractivity contribution in [3.05, 3.63) is 28.8 Å². The molecule has 0 bridgehead atoms. The van der Waals surface area contributed by atoms with E-state index in [1.807, 2.05) is 0 Å². The van der Waals surface area contributed by atoms with Crippen LogP contribution in [0.3, 0.4) is 0 Å². The maximum absolute atomic E-state index is 10.8. The molecule has 0 aliphatic carbocycles. The SMILES string of the molecule is C#CCCOc1ccc(Cl)cc1C(=O)O. The van der Waals surface area contributed by atoms with Crippen molar-refractivity contribution in [1.82, 2.24) is 0 Å². The molecule has 3 nitrogen and oxygen atoms in total. The Bertz CT molecular complexity index is 407.